The van der Waals surface area contributed by atoms with E-state index in [0.29, 0.717) is 13.0 Å². The van der Waals surface area contributed by atoms with Crippen LogP contribution in [0.15, 0.2) is 11.4 Å². The number of hydrogen-bond donors (Lipinski definition) is 0. The maximum Gasteiger partial charge on any atom is 0.324 e. The smallest absolute Gasteiger partial charge is 0.324 e. The fourth-order valence-electron chi connectivity index (χ4n) is 1.97. The average molecular weight is 252 g/mol. The fraction of sp³-hybridized carbons (Fsp3) is 0.833. The van der Waals surface area contributed by atoms with Gasteiger partial charge in [-0.2, -0.15) is 8.78 Å². The SMILES string of the molecule is CCOC1C[C@H](C)[C@@H](C(F)(F)C(F)=C(C)C)O1. The van der Waals surface area contributed by atoms with Gasteiger partial charge in [0.15, 0.2) is 12.1 Å². The Bertz CT molecular complexity index is 298. The van der Waals surface area contributed by atoms with Crippen molar-refractivity contribution in [3.8, 4) is 0 Å². The van der Waals surface area contributed by atoms with Crippen LogP contribution in [0, 0.1) is 5.92 Å². The molecule has 100 valence electrons. The molecule has 5 heteroatoms. The van der Waals surface area contributed by atoms with Crippen LogP contribution >= 0.6 is 0 Å². The summed E-state index contributed by atoms with van der Waals surface area (Å²) in [7, 11) is 0. The highest BCUT2D eigenvalue weighted by molar-refractivity contribution is 5.14. The average Bonchev–Trinajstić information content (AvgIpc) is 2.59. The van der Waals surface area contributed by atoms with Gasteiger partial charge >= 0.3 is 5.92 Å². The standard InChI is InChI=1S/C12H19F3O2/c1-5-16-9-6-8(4)11(17-9)12(14,15)10(13)7(2)3/h8-9,11H,5-6H2,1-4H3/t8-,9?,11-/m0/s1. The van der Waals surface area contributed by atoms with Gasteiger partial charge in [-0.05, 0) is 32.3 Å². The normalized spacial score (nSPS) is 29.5. The van der Waals surface area contributed by atoms with Crippen LogP contribution in [0.3, 0.4) is 0 Å². The number of rotatable bonds is 4. The first-order valence-corrected chi connectivity index (χ1v) is 5.79. The van der Waals surface area contributed by atoms with Crippen molar-refractivity contribution in [1.82, 2.24) is 0 Å². The molecular formula is C12H19F3O2. The molecule has 1 aliphatic heterocycles. The number of hydrogen-bond acceptors (Lipinski definition) is 2. The Balaban J connectivity index is 2.83. The van der Waals surface area contributed by atoms with Crippen LogP contribution in [0.4, 0.5) is 13.2 Å². The van der Waals surface area contributed by atoms with E-state index in [9.17, 15) is 13.2 Å². The van der Waals surface area contributed by atoms with Crippen LogP contribution in [-0.2, 0) is 9.47 Å². The molecule has 0 aromatic rings. The predicted molar refractivity (Wildman–Crippen MR) is 58.5 cm³/mol. The second-order valence-corrected chi connectivity index (χ2v) is 4.59. The number of ether oxygens (including phenoxy) is 2. The molecule has 2 nitrogen and oxygen atoms in total. The molecule has 17 heavy (non-hydrogen) atoms. The van der Waals surface area contributed by atoms with Crippen molar-refractivity contribution >= 4 is 0 Å². The summed E-state index contributed by atoms with van der Waals surface area (Å²) in [5.41, 5.74) is -0.0225. The minimum atomic E-state index is -3.58. The largest absolute Gasteiger partial charge is 0.353 e. The molecular weight excluding hydrogens is 233 g/mol. The summed E-state index contributed by atoms with van der Waals surface area (Å²) in [6, 6.07) is 0. The third-order valence-corrected chi connectivity index (χ3v) is 2.82. The van der Waals surface area contributed by atoms with Crippen LogP contribution in [-0.4, -0.2) is 24.9 Å². The molecule has 0 aliphatic carbocycles. The number of alkyl halides is 2. The molecule has 1 rings (SSSR count). The molecule has 1 saturated heterocycles. The van der Waals surface area contributed by atoms with Crippen molar-refractivity contribution in [2.24, 2.45) is 5.92 Å². The maximum absolute atomic E-state index is 13.8. The summed E-state index contributed by atoms with van der Waals surface area (Å²) < 4.78 is 51.3. The van der Waals surface area contributed by atoms with E-state index in [1.165, 1.54) is 13.8 Å². The van der Waals surface area contributed by atoms with Crippen LogP contribution in [0.25, 0.3) is 0 Å². The molecule has 1 aliphatic rings. The van der Waals surface area contributed by atoms with Gasteiger partial charge < -0.3 is 9.47 Å². The van der Waals surface area contributed by atoms with E-state index in [1.54, 1.807) is 13.8 Å². The molecule has 0 aromatic heterocycles. The molecule has 0 radical (unpaired) electrons. The molecule has 0 amide bonds. The van der Waals surface area contributed by atoms with Gasteiger partial charge in [-0.25, -0.2) is 4.39 Å². The van der Waals surface area contributed by atoms with E-state index in [1.807, 2.05) is 0 Å². The summed E-state index contributed by atoms with van der Waals surface area (Å²) in [5, 5.41) is 0. The van der Waals surface area contributed by atoms with Gasteiger partial charge in [-0.3, -0.25) is 0 Å². The lowest BCUT2D eigenvalue weighted by Gasteiger charge is -2.25. The lowest BCUT2D eigenvalue weighted by Crippen LogP contribution is -2.38. The Morgan fingerprint density at radius 2 is 2.00 bits per heavy atom. The van der Waals surface area contributed by atoms with E-state index in [2.05, 4.69) is 0 Å². The Morgan fingerprint density at radius 3 is 2.47 bits per heavy atom. The van der Waals surface area contributed by atoms with Crippen LogP contribution in [0.5, 0.6) is 0 Å². The fourth-order valence-corrected chi connectivity index (χ4v) is 1.97. The minimum absolute atomic E-state index is 0.0225. The van der Waals surface area contributed by atoms with Crippen molar-refractivity contribution in [2.45, 2.75) is 52.4 Å². The molecule has 0 N–H and O–H groups in total. The minimum Gasteiger partial charge on any atom is -0.353 e. The van der Waals surface area contributed by atoms with Gasteiger partial charge in [0.1, 0.15) is 6.10 Å². The zero-order valence-corrected chi connectivity index (χ0v) is 10.6. The van der Waals surface area contributed by atoms with Gasteiger partial charge in [0.25, 0.3) is 0 Å². The third kappa shape index (κ3) is 3.01. The van der Waals surface area contributed by atoms with E-state index in [0.717, 1.165) is 0 Å². The molecule has 1 heterocycles. The van der Waals surface area contributed by atoms with Crippen molar-refractivity contribution in [3.05, 3.63) is 11.4 Å². The Morgan fingerprint density at radius 1 is 1.41 bits per heavy atom. The lowest BCUT2D eigenvalue weighted by molar-refractivity contribution is -0.188. The molecule has 1 unspecified atom stereocenters. The predicted octanol–water partition coefficient (Wildman–Crippen LogP) is 3.67. The molecule has 0 saturated carbocycles. The first-order valence-electron chi connectivity index (χ1n) is 5.79. The molecule has 1 fully saturated rings. The van der Waals surface area contributed by atoms with Crippen molar-refractivity contribution in [3.63, 3.8) is 0 Å². The monoisotopic (exact) mass is 252 g/mol. The second kappa shape index (κ2) is 5.40. The van der Waals surface area contributed by atoms with E-state index >= 15 is 0 Å². The maximum atomic E-state index is 13.8. The topological polar surface area (TPSA) is 18.5 Å². The van der Waals surface area contributed by atoms with Crippen molar-refractivity contribution < 1.29 is 22.6 Å². The molecule has 3 atom stereocenters. The first kappa shape index (κ1) is 14.5. The number of allylic oxidation sites excluding steroid dienone is 1. The summed E-state index contributed by atoms with van der Waals surface area (Å²) in [6.45, 7) is 6.42. The Hall–Kier alpha value is -0.550. The highest BCUT2D eigenvalue weighted by Crippen LogP contribution is 2.42. The van der Waals surface area contributed by atoms with Gasteiger partial charge in [-0.1, -0.05) is 6.92 Å². The van der Waals surface area contributed by atoms with Gasteiger partial charge in [0, 0.05) is 13.0 Å². The highest BCUT2D eigenvalue weighted by atomic mass is 19.3. The summed E-state index contributed by atoms with van der Waals surface area (Å²) in [6.07, 6.45) is -1.74. The Labute approximate surface area is 99.8 Å². The third-order valence-electron chi connectivity index (χ3n) is 2.82. The van der Waals surface area contributed by atoms with Crippen LogP contribution in [0.2, 0.25) is 0 Å². The van der Waals surface area contributed by atoms with Crippen molar-refractivity contribution in [2.75, 3.05) is 6.61 Å². The zero-order valence-electron chi connectivity index (χ0n) is 10.6. The van der Waals surface area contributed by atoms with Crippen LogP contribution < -0.4 is 0 Å². The highest BCUT2D eigenvalue weighted by Gasteiger charge is 2.52. The lowest BCUT2D eigenvalue weighted by atomic mass is 9.96. The molecule has 0 bridgehead atoms. The quantitative estimate of drug-likeness (QED) is 0.760. The zero-order chi connectivity index (χ0) is 13.2. The van der Waals surface area contributed by atoms with E-state index in [4.69, 9.17) is 9.47 Å². The molecule has 0 aromatic carbocycles. The molecule has 0 spiro atoms. The van der Waals surface area contributed by atoms with E-state index < -0.39 is 30.1 Å². The summed E-state index contributed by atoms with van der Waals surface area (Å²) >= 11 is 0. The van der Waals surface area contributed by atoms with Gasteiger partial charge in [0.2, 0.25) is 0 Å². The van der Waals surface area contributed by atoms with E-state index in [-0.39, 0.29) is 5.57 Å². The number of halogens is 3. The van der Waals surface area contributed by atoms with Crippen LogP contribution in [0.1, 0.15) is 34.1 Å². The van der Waals surface area contributed by atoms with Crippen molar-refractivity contribution in [1.29, 1.82) is 0 Å². The summed E-state index contributed by atoms with van der Waals surface area (Å²) in [5.74, 6) is -5.41. The summed E-state index contributed by atoms with van der Waals surface area (Å²) in [4.78, 5) is 0. The first-order chi connectivity index (χ1) is 7.80. The Kier molecular flexibility index (Phi) is 4.61. The van der Waals surface area contributed by atoms with Gasteiger partial charge in [-0.15, -0.1) is 0 Å². The second-order valence-electron chi connectivity index (χ2n) is 4.59. The van der Waals surface area contributed by atoms with Gasteiger partial charge in [0.05, 0.1) is 0 Å².